The van der Waals surface area contributed by atoms with Crippen LogP contribution in [0.1, 0.15) is 26.5 Å². The van der Waals surface area contributed by atoms with E-state index in [0.717, 1.165) is 23.5 Å². The maximum atomic E-state index is 13.5. The SMILES string of the molecule is CC(=O)SCCOP(=O)(CC1CC(n2cnc3c(N)ncnc32)OC1CO)OCCSC(C)=O. The van der Waals surface area contributed by atoms with Gasteiger partial charge >= 0.3 is 7.60 Å². The van der Waals surface area contributed by atoms with E-state index >= 15 is 0 Å². The fourth-order valence-corrected chi connectivity index (χ4v) is 6.71. The highest BCUT2D eigenvalue weighted by Crippen LogP contribution is 2.53. The quantitative estimate of drug-likeness (QED) is 0.301. The van der Waals surface area contributed by atoms with E-state index < -0.39 is 19.9 Å². The van der Waals surface area contributed by atoms with Crippen LogP contribution in [-0.4, -0.2) is 78.4 Å². The highest BCUT2D eigenvalue weighted by Gasteiger charge is 2.42. The van der Waals surface area contributed by atoms with Gasteiger partial charge in [-0.05, 0) is 6.42 Å². The molecule has 2 aromatic rings. The van der Waals surface area contributed by atoms with Crippen LogP contribution in [0.4, 0.5) is 5.82 Å². The Morgan fingerprint density at radius 1 is 1.21 bits per heavy atom. The van der Waals surface area contributed by atoms with Gasteiger partial charge in [0.15, 0.2) is 21.7 Å². The zero-order valence-corrected chi connectivity index (χ0v) is 21.4. The third-order valence-electron chi connectivity index (χ3n) is 5.05. The normalized spacial score (nSPS) is 20.7. The molecular weight excluding hydrogens is 505 g/mol. The second kappa shape index (κ2) is 12.4. The third-order valence-corrected chi connectivity index (χ3v) is 8.67. The van der Waals surface area contributed by atoms with Crippen molar-refractivity contribution in [2.24, 2.45) is 5.92 Å². The number of carbonyl (C=O) groups is 2. The Morgan fingerprint density at radius 2 is 1.85 bits per heavy atom. The van der Waals surface area contributed by atoms with Crippen molar-refractivity contribution in [3.8, 4) is 0 Å². The number of rotatable bonds is 12. The van der Waals surface area contributed by atoms with Gasteiger partial charge in [0.25, 0.3) is 0 Å². The number of aliphatic hydroxyl groups is 1. The molecule has 3 rings (SSSR count). The van der Waals surface area contributed by atoms with Gasteiger partial charge in [-0.3, -0.25) is 18.7 Å². The summed E-state index contributed by atoms with van der Waals surface area (Å²) >= 11 is 2.13. The number of fused-ring (bicyclic) bond motifs is 1. The van der Waals surface area contributed by atoms with E-state index in [4.69, 9.17) is 19.5 Å². The van der Waals surface area contributed by atoms with Crippen LogP contribution in [0.25, 0.3) is 11.2 Å². The molecule has 1 aliphatic rings. The molecular formula is C19H28N5O7PS2. The molecule has 0 aliphatic carbocycles. The Kier molecular flexibility index (Phi) is 9.89. The number of anilines is 1. The van der Waals surface area contributed by atoms with Crippen molar-refractivity contribution in [3.63, 3.8) is 0 Å². The van der Waals surface area contributed by atoms with Gasteiger partial charge in [0.2, 0.25) is 0 Å². The Morgan fingerprint density at radius 3 is 2.44 bits per heavy atom. The lowest BCUT2D eigenvalue weighted by atomic mass is 10.0. The average Bonchev–Trinajstić information content (AvgIpc) is 3.39. The van der Waals surface area contributed by atoms with Gasteiger partial charge in [-0.1, -0.05) is 23.5 Å². The van der Waals surface area contributed by atoms with E-state index in [0.29, 0.717) is 29.1 Å². The molecule has 1 saturated heterocycles. The van der Waals surface area contributed by atoms with Gasteiger partial charge in [0, 0.05) is 31.3 Å². The average molecular weight is 534 g/mol. The number of aromatic nitrogens is 4. The summed E-state index contributed by atoms with van der Waals surface area (Å²) in [6.07, 6.45) is 2.16. The third kappa shape index (κ3) is 7.23. The summed E-state index contributed by atoms with van der Waals surface area (Å²) in [7, 11) is -3.61. The summed E-state index contributed by atoms with van der Waals surface area (Å²) < 4.78 is 32.5. The highest BCUT2D eigenvalue weighted by molar-refractivity contribution is 8.13. The number of hydrogen-bond acceptors (Lipinski definition) is 13. The minimum Gasteiger partial charge on any atom is -0.394 e. The fourth-order valence-electron chi connectivity index (χ4n) is 3.58. The predicted molar refractivity (Wildman–Crippen MR) is 129 cm³/mol. The van der Waals surface area contributed by atoms with Crippen LogP contribution >= 0.6 is 31.1 Å². The smallest absolute Gasteiger partial charge is 0.331 e. The van der Waals surface area contributed by atoms with Crippen LogP contribution in [0.15, 0.2) is 12.7 Å². The molecule has 12 nitrogen and oxygen atoms in total. The summed E-state index contributed by atoms with van der Waals surface area (Å²) in [6.45, 7) is 2.72. The number of hydrogen-bond donors (Lipinski definition) is 2. The zero-order chi connectivity index (χ0) is 24.7. The van der Waals surface area contributed by atoms with Gasteiger partial charge in [-0.2, -0.15) is 0 Å². The molecule has 0 aromatic carbocycles. The first-order valence-corrected chi connectivity index (χ1v) is 14.3. The standard InChI is InChI=1S/C19H28N5O7PS2/c1-12(26)33-5-3-29-32(28,30-4-6-34-13(2)27)9-14-7-16(31-15(14)8-25)24-11-23-17-18(20)21-10-22-19(17)24/h10-11,14-16,25H,3-9H2,1-2H3,(H2,20,21,22). The highest BCUT2D eigenvalue weighted by atomic mass is 32.2. The zero-order valence-electron chi connectivity index (χ0n) is 18.9. The van der Waals surface area contributed by atoms with E-state index in [1.807, 2.05) is 0 Å². The van der Waals surface area contributed by atoms with Crippen LogP contribution < -0.4 is 5.73 Å². The van der Waals surface area contributed by atoms with Crippen LogP contribution in [0, 0.1) is 5.92 Å². The number of imidazole rings is 1. The Hall–Kier alpha value is -1.54. The van der Waals surface area contributed by atoms with Crippen molar-refractivity contribution in [1.82, 2.24) is 19.5 Å². The van der Waals surface area contributed by atoms with Crippen molar-refractivity contribution < 1.29 is 33.0 Å². The molecule has 0 bridgehead atoms. The number of thioether (sulfide) groups is 2. The van der Waals surface area contributed by atoms with E-state index in [1.165, 1.54) is 20.2 Å². The minimum absolute atomic E-state index is 0.00789. The number of aliphatic hydroxyl groups excluding tert-OH is 1. The minimum atomic E-state index is -3.61. The lowest BCUT2D eigenvalue weighted by molar-refractivity contribution is -0.109. The molecule has 1 aliphatic heterocycles. The van der Waals surface area contributed by atoms with Crippen LogP contribution in [0.2, 0.25) is 0 Å². The number of nitrogen functional groups attached to an aromatic ring is 1. The van der Waals surface area contributed by atoms with Gasteiger partial charge in [-0.15, -0.1) is 0 Å². The second-order valence-electron chi connectivity index (χ2n) is 7.53. The van der Waals surface area contributed by atoms with Crippen molar-refractivity contribution in [2.45, 2.75) is 32.6 Å². The monoisotopic (exact) mass is 533 g/mol. The molecule has 34 heavy (non-hydrogen) atoms. The topological polar surface area (TPSA) is 169 Å². The molecule has 2 aromatic heterocycles. The molecule has 0 radical (unpaired) electrons. The van der Waals surface area contributed by atoms with E-state index in [9.17, 15) is 19.3 Å². The molecule has 1 fully saturated rings. The van der Waals surface area contributed by atoms with Crippen molar-refractivity contribution >= 4 is 58.3 Å². The molecule has 0 amide bonds. The summed E-state index contributed by atoms with van der Waals surface area (Å²) in [5.74, 6) is 0.564. The molecule has 3 unspecified atom stereocenters. The number of nitrogens with zero attached hydrogens (tertiary/aromatic N) is 4. The van der Waals surface area contributed by atoms with Gasteiger partial charge in [0.1, 0.15) is 18.1 Å². The summed E-state index contributed by atoms with van der Waals surface area (Å²) in [6, 6.07) is 0. The van der Waals surface area contributed by atoms with E-state index in [1.54, 1.807) is 10.9 Å². The second-order valence-corrected chi connectivity index (χ2v) is 12.2. The number of nitrogens with two attached hydrogens (primary N) is 1. The fraction of sp³-hybridized carbons (Fsp3) is 0.632. The maximum absolute atomic E-state index is 13.5. The van der Waals surface area contributed by atoms with Crippen LogP contribution in [-0.2, 0) is 27.9 Å². The molecule has 0 saturated carbocycles. The molecule has 15 heteroatoms. The largest absolute Gasteiger partial charge is 0.394 e. The van der Waals surface area contributed by atoms with Crippen molar-refractivity contribution in [3.05, 3.63) is 12.7 Å². The van der Waals surface area contributed by atoms with Crippen LogP contribution in [0.5, 0.6) is 0 Å². The molecule has 188 valence electrons. The lowest BCUT2D eigenvalue weighted by Crippen LogP contribution is -2.24. The predicted octanol–water partition coefficient (Wildman–Crippen LogP) is 2.09. The van der Waals surface area contributed by atoms with Crippen LogP contribution in [0.3, 0.4) is 0 Å². The molecule has 3 atom stereocenters. The lowest BCUT2D eigenvalue weighted by Gasteiger charge is -2.23. The van der Waals surface area contributed by atoms with Gasteiger partial charge < -0.3 is 24.6 Å². The van der Waals surface area contributed by atoms with E-state index in [-0.39, 0.29) is 47.9 Å². The molecule has 3 heterocycles. The summed E-state index contributed by atoms with van der Waals surface area (Å²) in [5.41, 5.74) is 6.80. The van der Waals surface area contributed by atoms with Crippen molar-refractivity contribution in [2.75, 3.05) is 43.2 Å². The van der Waals surface area contributed by atoms with Gasteiger partial charge in [0.05, 0.1) is 38.4 Å². The molecule has 3 N–H and O–H groups in total. The Labute approximate surface area is 205 Å². The Bertz CT molecular complexity index is 1030. The first kappa shape index (κ1) is 27.1. The first-order chi connectivity index (χ1) is 16.2. The number of carbonyl (C=O) groups excluding carboxylic acids is 2. The van der Waals surface area contributed by atoms with E-state index in [2.05, 4.69) is 15.0 Å². The summed E-state index contributed by atoms with van der Waals surface area (Å²) in [5, 5.41) is 9.77. The maximum Gasteiger partial charge on any atom is 0.331 e. The van der Waals surface area contributed by atoms with Crippen molar-refractivity contribution in [1.29, 1.82) is 0 Å². The summed E-state index contributed by atoms with van der Waals surface area (Å²) in [4.78, 5) is 34.7. The Balaban J connectivity index is 1.71. The molecule has 0 spiro atoms. The number of ether oxygens (including phenoxy) is 1. The first-order valence-electron chi connectivity index (χ1n) is 10.6. The van der Waals surface area contributed by atoms with Gasteiger partial charge in [-0.25, -0.2) is 15.0 Å².